The minimum atomic E-state index is -3.88. The second kappa shape index (κ2) is 5.59. The molecular weight excluding hydrogens is 244 g/mol. The van der Waals surface area contributed by atoms with Gasteiger partial charge in [0.25, 0.3) is 10.1 Å². The summed E-state index contributed by atoms with van der Waals surface area (Å²) in [5.74, 6) is 0. The highest BCUT2D eigenvalue weighted by Gasteiger charge is 2.19. The largest absolute Gasteiger partial charge is 0.391 e. The molecule has 0 fully saturated rings. The van der Waals surface area contributed by atoms with Crippen LogP contribution in [0, 0.1) is 6.92 Å². The first kappa shape index (κ1) is 14.1. The van der Waals surface area contributed by atoms with E-state index in [2.05, 4.69) is 4.18 Å². The van der Waals surface area contributed by atoms with Crippen molar-refractivity contribution in [2.24, 2.45) is 0 Å². The highest BCUT2D eigenvalue weighted by Crippen LogP contribution is 2.13. The fourth-order valence-electron chi connectivity index (χ4n) is 1.07. The molecule has 2 atom stereocenters. The van der Waals surface area contributed by atoms with E-state index in [9.17, 15) is 13.5 Å². The lowest BCUT2D eigenvalue weighted by molar-refractivity contribution is 0.00376. The van der Waals surface area contributed by atoms with E-state index < -0.39 is 28.9 Å². The van der Waals surface area contributed by atoms with Gasteiger partial charge in [0, 0.05) is 0 Å². The molecule has 0 spiro atoms. The van der Waals surface area contributed by atoms with E-state index in [4.69, 9.17) is 5.11 Å². The lowest BCUT2D eigenvalue weighted by Gasteiger charge is -2.13. The average Bonchev–Trinajstić information content (AvgIpc) is 2.26. The number of hydrogen-bond acceptors (Lipinski definition) is 5. The highest BCUT2D eigenvalue weighted by atomic mass is 32.2. The molecule has 0 aliphatic carbocycles. The summed E-state index contributed by atoms with van der Waals surface area (Å²) in [4.78, 5) is 0.0286. The van der Waals surface area contributed by atoms with Crippen molar-refractivity contribution in [3.63, 3.8) is 0 Å². The molecule has 0 amide bonds. The van der Waals surface area contributed by atoms with Gasteiger partial charge in [0.1, 0.15) is 6.10 Å². The first-order valence-corrected chi connectivity index (χ1v) is 6.56. The van der Waals surface area contributed by atoms with E-state index in [0.29, 0.717) is 0 Å². The zero-order valence-corrected chi connectivity index (χ0v) is 10.5. The molecule has 1 aromatic carbocycles. The summed E-state index contributed by atoms with van der Waals surface area (Å²) in [6.07, 6.45) is -2.27. The predicted octanol–water partition coefficient (Wildman–Crippen LogP) is 0.442. The van der Waals surface area contributed by atoms with Crippen molar-refractivity contribution in [2.45, 2.75) is 31.0 Å². The molecule has 96 valence electrons. The highest BCUT2D eigenvalue weighted by molar-refractivity contribution is 7.86. The smallest absolute Gasteiger partial charge is 0.297 e. The van der Waals surface area contributed by atoms with E-state index >= 15 is 0 Å². The van der Waals surface area contributed by atoms with Gasteiger partial charge < -0.3 is 10.2 Å². The van der Waals surface area contributed by atoms with Crippen LogP contribution < -0.4 is 0 Å². The molecule has 0 heterocycles. The number of benzene rings is 1. The van der Waals surface area contributed by atoms with Crippen LogP contribution in [0.4, 0.5) is 0 Å². The Labute approximate surface area is 101 Å². The maximum Gasteiger partial charge on any atom is 0.297 e. The molecule has 1 rings (SSSR count). The minimum absolute atomic E-state index is 0.0286. The van der Waals surface area contributed by atoms with Crippen LogP contribution in [0.2, 0.25) is 0 Å². The fraction of sp³-hybridized carbons (Fsp3) is 0.455. The van der Waals surface area contributed by atoms with E-state index in [0.717, 1.165) is 5.56 Å². The van der Waals surface area contributed by atoms with Crippen molar-refractivity contribution < 1.29 is 22.8 Å². The summed E-state index contributed by atoms with van der Waals surface area (Å²) in [7, 11) is -3.88. The van der Waals surface area contributed by atoms with Crippen LogP contribution in [-0.4, -0.2) is 37.4 Å². The molecule has 1 aromatic rings. The van der Waals surface area contributed by atoms with E-state index in [-0.39, 0.29) is 4.90 Å². The molecule has 6 heteroatoms. The predicted molar refractivity (Wildman–Crippen MR) is 62.0 cm³/mol. The van der Waals surface area contributed by atoms with Crippen LogP contribution in [0.15, 0.2) is 29.2 Å². The van der Waals surface area contributed by atoms with Gasteiger partial charge in [-0.1, -0.05) is 17.7 Å². The van der Waals surface area contributed by atoms with Crippen molar-refractivity contribution in [3.05, 3.63) is 29.8 Å². The maximum atomic E-state index is 11.7. The van der Waals surface area contributed by atoms with Gasteiger partial charge >= 0.3 is 0 Å². The lowest BCUT2D eigenvalue weighted by atomic mass is 10.2. The van der Waals surface area contributed by atoms with Gasteiger partial charge in [-0.05, 0) is 26.0 Å². The SMILES string of the molecule is Cc1ccc(S(=O)(=O)OC[C@@H](O)[C@H](C)O)cc1. The second-order valence-electron chi connectivity index (χ2n) is 3.86. The Morgan fingerprint density at radius 3 is 2.24 bits per heavy atom. The van der Waals surface area contributed by atoms with Gasteiger partial charge in [-0.15, -0.1) is 0 Å². The third-order valence-corrected chi connectivity index (χ3v) is 3.56. The summed E-state index contributed by atoms with van der Waals surface area (Å²) in [5.41, 5.74) is 0.938. The number of rotatable bonds is 5. The molecule has 0 radical (unpaired) electrons. The fourth-order valence-corrected chi connectivity index (χ4v) is 2.00. The van der Waals surface area contributed by atoms with Gasteiger partial charge in [0.15, 0.2) is 0 Å². The molecule has 0 bridgehead atoms. The molecule has 0 aliphatic heterocycles. The van der Waals surface area contributed by atoms with Crippen LogP contribution in [0.25, 0.3) is 0 Å². The number of aliphatic hydroxyl groups excluding tert-OH is 2. The van der Waals surface area contributed by atoms with E-state index in [1.807, 2.05) is 6.92 Å². The molecule has 2 N–H and O–H groups in total. The topological polar surface area (TPSA) is 83.8 Å². The van der Waals surface area contributed by atoms with Crippen LogP contribution in [-0.2, 0) is 14.3 Å². The van der Waals surface area contributed by atoms with Gasteiger partial charge in [-0.3, -0.25) is 4.18 Å². The quantitative estimate of drug-likeness (QED) is 0.751. The average molecular weight is 260 g/mol. The molecule has 0 aliphatic rings. The molecule has 0 aromatic heterocycles. The molecule has 0 saturated heterocycles. The Balaban J connectivity index is 2.72. The molecular formula is C11H16O5S. The lowest BCUT2D eigenvalue weighted by Crippen LogP contribution is -2.29. The van der Waals surface area contributed by atoms with E-state index in [1.165, 1.54) is 19.1 Å². The zero-order valence-electron chi connectivity index (χ0n) is 9.70. The van der Waals surface area contributed by atoms with Gasteiger partial charge in [0.05, 0.1) is 17.6 Å². The van der Waals surface area contributed by atoms with Crippen molar-refractivity contribution in [1.82, 2.24) is 0 Å². The first-order chi connectivity index (χ1) is 7.83. The van der Waals surface area contributed by atoms with Crippen molar-refractivity contribution in [1.29, 1.82) is 0 Å². The van der Waals surface area contributed by atoms with Gasteiger partial charge in [0.2, 0.25) is 0 Å². The van der Waals surface area contributed by atoms with Gasteiger partial charge in [-0.2, -0.15) is 8.42 Å². The van der Waals surface area contributed by atoms with Crippen molar-refractivity contribution >= 4 is 10.1 Å². The maximum absolute atomic E-state index is 11.7. The monoisotopic (exact) mass is 260 g/mol. The van der Waals surface area contributed by atoms with Crippen molar-refractivity contribution in [2.75, 3.05) is 6.61 Å². The summed E-state index contributed by atoms with van der Waals surface area (Å²) in [5, 5.41) is 18.2. The zero-order chi connectivity index (χ0) is 13.1. The van der Waals surface area contributed by atoms with Gasteiger partial charge in [-0.25, -0.2) is 0 Å². The molecule has 0 saturated carbocycles. The van der Waals surface area contributed by atoms with Crippen molar-refractivity contribution in [3.8, 4) is 0 Å². The minimum Gasteiger partial charge on any atom is -0.391 e. The Morgan fingerprint density at radius 2 is 1.76 bits per heavy atom. The summed E-state index contributed by atoms with van der Waals surface area (Å²) >= 11 is 0. The third kappa shape index (κ3) is 4.08. The van der Waals surface area contributed by atoms with Crippen LogP contribution in [0.3, 0.4) is 0 Å². The second-order valence-corrected chi connectivity index (χ2v) is 5.48. The molecule has 5 nitrogen and oxygen atoms in total. The van der Waals surface area contributed by atoms with Crippen LogP contribution in [0.5, 0.6) is 0 Å². The summed E-state index contributed by atoms with van der Waals surface area (Å²) < 4.78 is 28.0. The normalized spacial score (nSPS) is 15.5. The number of hydrogen-bond donors (Lipinski definition) is 2. The first-order valence-electron chi connectivity index (χ1n) is 5.15. The Kier molecular flexibility index (Phi) is 4.64. The van der Waals surface area contributed by atoms with Crippen LogP contribution >= 0.6 is 0 Å². The Bertz CT molecular complexity index is 449. The molecule has 17 heavy (non-hydrogen) atoms. The Morgan fingerprint density at radius 1 is 1.24 bits per heavy atom. The summed E-state index contributed by atoms with van der Waals surface area (Å²) in [6, 6.07) is 6.17. The van der Waals surface area contributed by atoms with E-state index in [1.54, 1.807) is 12.1 Å². The standard InChI is InChI=1S/C11H16O5S/c1-8-3-5-10(6-4-8)17(14,15)16-7-11(13)9(2)12/h3-6,9,11-13H,7H2,1-2H3/t9-,11+/m0/s1. The Hall–Kier alpha value is -0.950. The summed E-state index contributed by atoms with van der Waals surface area (Å²) in [6.45, 7) is 2.73. The number of aliphatic hydroxyl groups is 2. The number of aryl methyl sites for hydroxylation is 1. The molecule has 0 unspecified atom stereocenters. The third-order valence-electron chi connectivity index (χ3n) is 2.26. The van der Waals surface area contributed by atoms with Crippen LogP contribution in [0.1, 0.15) is 12.5 Å².